The number of carbonyl (C=O) groups is 1. The lowest BCUT2D eigenvalue weighted by Gasteiger charge is -2.03. The van der Waals surface area contributed by atoms with Crippen LogP contribution in [-0.2, 0) is 11.2 Å². The summed E-state index contributed by atoms with van der Waals surface area (Å²) in [6.07, 6.45) is 2.98. The van der Waals surface area contributed by atoms with Crippen LogP contribution in [0.15, 0.2) is 17.5 Å². The molecule has 0 saturated carbocycles. The number of Topliss-reactive ketones (excluding diaryl/α,β-unsaturated/α-hetero) is 1. The van der Waals surface area contributed by atoms with Gasteiger partial charge in [-0.25, -0.2) is 0 Å². The van der Waals surface area contributed by atoms with E-state index in [1.165, 1.54) is 4.88 Å². The predicted octanol–water partition coefficient (Wildman–Crippen LogP) is 2.38. The summed E-state index contributed by atoms with van der Waals surface area (Å²) in [6.45, 7) is 1.94. The van der Waals surface area contributed by atoms with E-state index in [1.807, 2.05) is 18.4 Å². The van der Waals surface area contributed by atoms with Gasteiger partial charge in [0, 0.05) is 23.8 Å². The van der Waals surface area contributed by atoms with Crippen molar-refractivity contribution in [3.8, 4) is 0 Å². The number of carbonyl (C=O) groups excluding carboxylic acids is 1. The van der Waals surface area contributed by atoms with Crippen molar-refractivity contribution in [2.45, 2.75) is 38.6 Å². The number of hydrogen-bond donors (Lipinski definition) is 1. The van der Waals surface area contributed by atoms with Gasteiger partial charge in [0.15, 0.2) is 0 Å². The first-order chi connectivity index (χ1) is 6.68. The number of ketones is 1. The summed E-state index contributed by atoms with van der Waals surface area (Å²) in [7, 11) is 0. The van der Waals surface area contributed by atoms with Gasteiger partial charge in [0.05, 0.1) is 0 Å². The highest BCUT2D eigenvalue weighted by molar-refractivity contribution is 7.09. The fourth-order valence-electron chi connectivity index (χ4n) is 1.23. The zero-order chi connectivity index (χ0) is 10.4. The number of hydrogen-bond acceptors (Lipinski definition) is 3. The molecule has 2 N–H and O–H groups in total. The smallest absolute Gasteiger partial charge is 0.133 e. The number of aryl methyl sites for hydroxylation is 1. The quantitative estimate of drug-likeness (QED) is 0.785. The molecule has 1 aromatic heterocycles. The Labute approximate surface area is 89.1 Å². The lowest BCUT2D eigenvalue weighted by atomic mass is 10.1. The lowest BCUT2D eigenvalue weighted by Crippen LogP contribution is -2.16. The molecule has 14 heavy (non-hydrogen) atoms. The zero-order valence-corrected chi connectivity index (χ0v) is 9.35. The second kappa shape index (κ2) is 5.94. The summed E-state index contributed by atoms with van der Waals surface area (Å²) in [5, 5.41) is 2.04. The highest BCUT2D eigenvalue weighted by atomic mass is 32.1. The summed E-state index contributed by atoms with van der Waals surface area (Å²) in [5.41, 5.74) is 5.58. The van der Waals surface area contributed by atoms with E-state index in [0.29, 0.717) is 18.6 Å². The molecule has 78 valence electrons. The Morgan fingerprint density at radius 1 is 1.57 bits per heavy atom. The minimum atomic E-state index is 0.140. The van der Waals surface area contributed by atoms with Gasteiger partial charge in [0.1, 0.15) is 5.78 Å². The van der Waals surface area contributed by atoms with Crippen molar-refractivity contribution in [1.82, 2.24) is 0 Å². The minimum absolute atomic E-state index is 0.140. The lowest BCUT2D eigenvalue weighted by molar-refractivity contribution is -0.119. The van der Waals surface area contributed by atoms with E-state index in [9.17, 15) is 4.79 Å². The molecule has 0 radical (unpaired) electrons. The van der Waals surface area contributed by atoms with Crippen LogP contribution < -0.4 is 5.73 Å². The molecule has 0 bridgehead atoms. The Kier molecular flexibility index (Phi) is 4.84. The Morgan fingerprint density at radius 3 is 2.93 bits per heavy atom. The molecule has 0 aliphatic carbocycles. The van der Waals surface area contributed by atoms with Crippen LogP contribution in [0.5, 0.6) is 0 Å². The zero-order valence-electron chi connectivity index (χ0n) is 8.53. The van der Waals surface area contributed by atoms with E-state index in [4.69, 9.17) is 5.73 Å². The summed E-state index contributed by atoms with van der Waals surface area (Å²) in [4.78, 5) is 12.7. The van der Waals surface area contributed by atoms with Crippen LogP contribution in [0.4, 0.5) is 0 Å². The number of rotatable bonds is 6. The van der Waals surface area contributed by atoms with Crippen LogP contribution in [0.2, 0.25) is 0 Å². The van der Waals surface area contributed by atoms with Crippen molar-refractivity contribution < 1.29 is 4.79 Å². The van der Waals surface area contributed by atoms with E-state index in [2.05, 4.69) is 6.07 Å². The Morgan fingerprint density at radius 2 is 2.36 bits per heavy atom. The van der Waals surface area contributed by atoms with Gasteiger partial charge in [0.25, 0.3) is 0 Å². The Hall–Kier alpha value is -0.670. The molecule has 0 fully saturated rings. The molecular formula is C11H17NOS. The molecule has 3 heteroatoms. The van der Waals surface area contributed by atoms with Gasteiger partial charge in [-0.1, -0.05) is 6.07 Å². The first-order valence-electron chi connectivity index (χ1n) is 4.98. The maximum atomic E-state index is 11.4. The molecule has 0 aromatic carbocycles. The van der Waals surface area contributed by atoms with Gasteiger partial charge in [-0.2, -0.15) is 0 Å². The summed E-state index contributed by atoms with van der Waals surface area (Å²) < 4.78 is 0. The van der Waals surface area contributed by atoms with Gasteiger partial charge in [-0.05, 0) is 31.2 Å². The fraction of sp³-hybridized carbons (Fsp3) is 0.545. The van der Waals surface area contributed by atoms with Gasteiger partial charge >= 0.3 is 0 Å². The fourth-order valence-corrected chi connectivity index (χ4v) is 1.94. The maximum absolute atomic E-state index is 11.4. The van der Waals surface area contributed by atoms with Crippen molar-refractivity contribution in [2.75, 3.05) is 0 Å². The van der Waals surface area contributed by atoms with Crippen molar-refractivity contribution in [1.29, 1.82) is 0 Å². The molecule has 0 aliphatic rings. The molecule has 0 saturated heterocycles. The van der Waals surface area contributed by atoms with E-state index in [0.717, 1.165) is 12.8 Å². The van der Waals surface area contributed by atoms with Crippen LogP contribution in [0.3, 0.4) is 0 Å². The molecule has 1 atom stereocenters. The average molecular weight is 211 g/mol. The van der Waals surface area contributed by atoms with Crippen molar-refractivity contribution in [3.05, 3.63) is 22.4 Å². The van der Waals surface area contributed by atoms with Crippen molar-refractivity contribution >= 4 is 17.1 Å². The van der Waals surface area contributed by atoms with E-state index >= 15 is 0 Å². The van der Waals surface area contributed by atoms with Crippen LogP contribution >= 0.6 is 11.3 Å². The van der Waals surface area contributed by atoms with Crippen molar-refractivity contribution in [2.24, 2.45) is 5.73 Å². The molecule has 1 rings (SSSR count). The highest BCUT2D eigenvalue weighted by Crippen LogP contribution is 2.12. The predicted molar refractivity (Wildman–Crippen MR) is 60.5 cm³/mol. The Bertz CT molecular complexity index is 267. The molecule has 0 spiro atoms. The van der Waals surface area contributed by atoms with Crippen LogP contribution in [-0.4, -0.2) is 11.8 Å². The summed E-state index contributed by atoms with van der Waals surface area (Å²) >= 11 is 1.71. The maximum Gasteiger partial charge on any atom is 0.133 e. The number of nitrogens with two attached hydrogens (primary N) is 1. The molecule has 1 heterocycles. The first kappa shape index (κ1) is 11.4. The third kappa shape index (κ3) is 4.53. The summed E-state index contributed by atoms with van der Waals surface area (Å²) in [5.74, 6) is 0.329. The van der Waals surface area contributed by atoms with E-state index in [1.54, 1.807) is 11.3 Å². The van der Waals surface area contributed by atoms with E-state index in [-0.39, 0.29) is 6.04 Å². The molecule has 0 amide bonds. The minimum Gasteiger partial charge on any atom is -0.328 e. The monoisotopic (exact) mass is 211 g/mol. The first-order valence-corrected chi connectivity index (χ1v) is 5.86. The largest absolute Gasteiger partial charge is 0.328 e. The highest BCUT2D eigenvalue weighted by Gasteiger charge is 2.04. The van der Waals surface area contributed by atoms with Gasteiger partial charge in [-0.3, -0.25) is 4.79 Å². The van der Waals surface area contributed by atoms with Crippen LogP contribution in [0, 0.1) is 0 Å². The third-order valence-corrected chi connectivity index (χ3v) is 3.05. The topological polar surface area (TPSA) is 43.1 Å². The molecular weight excluding hydrogens is 194 g/mol. The van der Waals surface area contributed by atoms with Crippen LogP contribution in [0.25, 0.3) is 0 Å². The number of thiophene rings is 1. The molecule has 1 unspecified atom stereocenters. The van der Waals surface area contributed by atoms with Gasteiger partial charge < -0.3 is 5.73 Å². The summed E-state index contributed by atoms with van der Waals surface area (Å²) in [6, 6.07) is 4.23. The SMILES string of the molecule is CC(N)CCC(=O)CCc1cccs1. The molecule has 2 nitrogen and oxygen atoms in total. The normalized spacial score (nSPS) is 12.7. The van der Waals surface area contributed by atoms with Crippen molar-refractivity contribution in [3.63, 3.8) is 0 Å². The van der Waals surface area contributed by atoms with Gasteiger partial charge in [-0.15, -0.1) is 11.3 Å². The molecule has 0 aliphatic heterocycles. The van der Waals surface area contributed by atoms with E-state index < -0.39 is 0 Å². The molecule has 1 aromatic rings. The second-order valence-electron chi connectivity index (χ2n) is 3.63. The third-order valence-electron chi connectivity index (χ3n) is 2.11. The second-order valence-corrected chi connectivity index (χ2v) is 4.67. The van der Waals surface area contributed by atoms with Gasteiger partial charge in [0.2, 0.25) is 0 Å². The average Bonchev–Trinajstić information content (AvgIpc) is 2.63. The Balaban J connectivity index is 2.15. The standard InChI is InChI=1S/C11H17NOS/c1-9(12)4-5-10(13)6-7-11-3-2-8-14-11/h2-3,8-9H,4-7,12H2,1H3. The van der Waals surface area contributed by atoms with Crippen LogP contribution in [0.1, 0.15) is 31.1 Å².